The van der Waals surface area contributed by atoms with Gasteiger partial charge in [0.25, 0.3) is 0 Å². The average Bonchev–Trinajstić information content (AvgIpc) is 2.43. The summed E-state index contributed by atoms with van der Waals surface area (Å²) in [5.41, 5.74) is 0.936. The molecule has 0 aliphatic heterocycles. The zero-order valence-corrected chi connectivity index (χ0v) is 11.0. The van der Waals surface area contributed by atoms with E-state index in [4.69, 9.17) is 4.74 Å². The van der Waals surface area contributed by atoms with Crippen LogP contribution in [0.1, 0.15) is 20.3 Å². The topological polar surface area (TPSA) is 34.1 Å². The lowest BCUT2D eigenvalue weighted by Gasteiger charge is -2.17. The zero-order chi connectivity index (χ0) is 12.8. The monoisotopic (exact) mass is 244 g/mol. The van der Waals surface area contributed by atoms with Gasteiger partial charge in [0.2, 0.25) is 0 Å². The number of rotatable bonds is 6. The average molecular weight is 244 g/mol. The minimum atomic E-state index is 0.397. The minimum absolute atomic E-state index is 0.397. The maximum absolute atomic E-state index is 5.90. The van der Waals surface area contributed by atoms with Crippen molar-refractivity contribution in [2.24, 2.45) is 0 Å². The van der Waals surface area contributed by atoms with E-state index in [2.05, 4.69) is 36.3 Å². The van der Waals surface area contributed by atoms with Gasteiger partial charge in [-0.05, 0) is 25.1 Å². The quantitative estimate of drug-likeness (QED) is 0.848. The van der Waals surface area contributed by atoms with Crippen LogP contribution in [0.5, 0.6) is 5.75 Å². The molecule has 1 heterocycles. The van der Waals surface area contributed by atoms with E-state index in [1.54, 1.807) is 6.20 Å². The number of benzene rings is 1. The molecule has 0 saturated heterocycles. The fourth-order valence-corrected chi connectivity index (χ4v) is 1.99. The number of nitrogens with one attached hydrogen (secondary N) is 1. The van der Waals surface area contributed by atoms with E-state index < -0.39 is 0 Å². The number of hydrogen-bond donors (Lipinski definition) is 1. The molecule has 1 aromatic heterocycles. The summed E-state index contributed by atoms with van der Waals surface area (Å²) in [5.74, 6) is 0.865. The van der Waals surface area contributed by atoms with Crippen LogP contribution in [-0.4, -0.2) is 24.2 Å². The lowest BCUT2D eigenvalue weighted by atomic mass is 10.2. The molecule has 2 rings (SSSR count). The standard InChI is InChI=1S/C15H20N2O/c1-3-13(16-4-2)11-18-14-9-5-7-12-8-6-10-17-15(12)14/h5-10,13,16H,3-4,11H2,1-2H3. The van der Waals surface area contributed by atoms with Crippen molar-refractivity contribution in [2.75, 3.05) is 13.2 Å². The Morgan fingerprint density at radius 2 is 2.06 bits per heavy atom. The summed E-state index contributed by atoms with van der Waals surface area (Å²) in [6.07, 6.45) is 2.86. The molecule has 0 aliphatic carbocycles. The third kappa shape index (κ3) is 2.99. The van der Waals surface area contributed by atoms with Crippen LogP contribution in [0.3, 0.4) is 0 Å². The molecule has 1 aromatic carbocycles. The van der Waals surface area contributed by atoms with Crippen molar-refractivity contribution in [1.82, 2.24) is 10.3 Å². The SMILES string of the molecule is CCNC(CC)COc1cccc2cccnc12. The van der Waals surface area contributed by atoms with Crippen molar-refractivity contribution in [3.63, 3.8) is 0 Å². The van der Waals surface area contributed by atoms with Crippen molar-refractivity contribution in [1.29, 1.82) is 0 Å². The third-order valence-corrected chi connectivity index (χ3v) is 3.02. The molecule has 1 atom stereocenters. The first-order chi connectivity index (χ1) is 8.85. The van der Waals surface area contributed by atoms with Gasteiger partial charge in [0.05, 0.1) is 0 Å². The highest BCUT2D eigenvalue weighted by Crippen LogP contribution is 2.23. The van der Waals surface area contributed by atoms with E-state index in [1.165, 1.54) is 0 Å². The summed E-state index contributed by atoms with van der Waals surface area (Å²) in [7, 11) is 0. The van der Waals surface area contributed by atoms with E-state index >= 15 is 0 Å². The van der Waals surface area contributed by atoms with E-state index in [-0.39, 0.29) is 0 Å². The van der Waals surface area contributed by atoms with Crippen LogP contribution >= 0.6 is 0 Å². The van der Waals surface area contributed by atoms with Crippen molar-refractivity contribution in [3.8, 4) is 5.75 Å². The maximum Gasteiger partial charge on any atom is 0.145 e. The van der Waals surface area contributed by atoms with Gasteiger partial charge < -0.3 is 10.1 Å². The molecule has 0 aliphatic rings. The van der Waals surface area contributed by atoms with E-state index in [0.29, 0.717) is 12.6 Å². The Bertz CT molecular complexity index is 493. The summed E-state index contributed by atoms with van der Waals surface area (Å²) < 4.78 is 5.90. The molecule has 0 radical (unpaired) electrons. The molecular formula is C15H20N2O. The van der Waals surface area contributed by atoms with Crippen molar-refractivity contribution < 1.29 is 4.74 Å². The minimum Gasteiger partial charge on any atom is -0.490 e. The van der Waals surface area contributed by atoms with Gasteiger partial charge in [-0.1, -0.05) is 32.0 Å². The van der Waals surface area contributed by atoms with Crippen LogP contribution in [0, 0.1) is 0 Å². The molecule has 0 fully saturated rings. The Labute approximate surface area is 108 Å². The predicted molar refractivity (Wildman–Crippen MR) is 75.0 cm³/mol. The second kappa shape index (κ2) is 6.36. The lowest BCUT2D eigenvalue weighted by molar-refractivity contribution is 0.264. The Hall–Kier alpha value is -1.61. The van der Waals surface area contributed by atoms with Gasteiger partial charge in [0.15, 0.2) is 0 Å². The van der Waals surface area contributed by atoms with Gasteiger partial charge in [-0.15, -0.1) is 0 Å². The van der Waals surface area contributed by atoms with Crippen LogP contribution in [0.2, 0.25) is 0 Å². The van der Waals surface area contributed by atoms with Crippen molar-refractivity contribution in [2.45, 2.75) is 26.3 Å². The number of fused-ring (bicyclic) bond motifs is 1. The number of likely N-dealkylation sites (N-methyl/N-ethyl adjacent to an activating group) is 1. The molecule has 96 valence electrons. The normalized spacial score (nSPS) is 12.6. The Morgan fingerprint density at radius 1 is 1.22 bits per heavy atom. The molecule has 0 spiro atoms. The number of pyridine rings is 1. The molecule has 3 heteroatoms. The summed E-state index contributed by atoms with van der Waals surface area (Å²) in [4.78, 5) is 4.39. The third-order valence-electron chi connectivity index (χ3n) is 3.02. The van der Waals surface area contributed by atoms with Gasteiger partial charge in [-0.3, -0.25) is 4.98 Å². The second-order valence-electron chi connectivity index (χ2n) is 4.31. The Balaban J connectivity index is 2.11. The molecule has 1 unspecified atom stereocenters. The molecular weight excluding hydrogens is 224 g/mol. The van der Waals surface area contributed by atoms with E-state index in [1.807, 2.05) is 18.2 Å². The summed E-state index contributed by atoms with van der Waals surface area (Å²) in [5, 5.41) is 4.52. The van der Waals surface area contributed by atoms with Crippen LogP contribution in [0.4, 0.5) is 0 Å². The zero-order valence-electron chi connectivity index (χ0n) is 11.0. The summed E-state index contributed by atoms with van der Waals surface area (Å²) in [6.45, 7) is 5.93. The van der Waals surface area contributed by atoms with Gasteiger partial charge in [-0.25, -0.2) is 0 Å². The van der Waals surface area contributed by atoms with E-state index in [0.717, 1.165) is 29.6 Å². The number of aromatic nitrogens is 1. The molecule has 0 bridgehead atoms. The molecule has 0 amide bonds. The molecule has 1 N–H and O–H groups in total. The number of para-hydroxylation sites is 1. The molecule has 2 aromatic rings. The van der Waals surface area contributed by atoms with Crippen molar-refractivity contribution in [3.05, 3.63) is 36.5 Å². The van der Waals surface area contributed by atoms with Crippen molar-refractivity contribution >= 4 is 10.9 Å². The van der Waals surface area contributed by atoms with Gasteiger partial charge in [-0.2, -0.15) is 0 Å². The van der Waals surface area contributed by atoms with Crippen LogP contribution in [0.15, 0.2) is 36.5 Å². The van der Waals surface area contributed by atoms with Crippen LogP contribution in [-0.2, 0) is 0 Å². The van der Waals surface area contributed by atoms with Crippen LogP contribution < -0.4 is 10.1 Å². The fraction of sp³-hybridized carbons (Fsp3) is 0.400. The van der Waals surface area contributed by atoms with Crippen LogP contribution in [0.25, 0.3) is 10.9 Å². The Morgan fingerprint density at radius 3 is 2.83 bits per heavy atom. The van der Waals surface area contributed by atoms with Gasteiger partial charge in [0, 0.05) is 17.6 Å². The summed E-state index contributed by atoms with van der Waals surface area (Å²) in [6, 6.07) is 10.4. The second-order valence-corrected chi connectivity index (χ2v) is 4.31. The maximum atomic E-state index is 5.90. The first-order valence-electron chi connectivity index (χ1n) is 6.55. The highest BCUT2D eigenvalue weighted by Gasteiger charge is 2.07. The number of ether oxygens (including phenoxy) is 1. The number of nitrogens with zero attached hydrogens (tertiary/aromatic N) is 1. The molecule has 3 nitrogen and oxygen atoms in total. The lowest BCUT2D eigenvalue weighted by Crippen LogP contribution is -2.33. The smallest absolute Gasteiger partial charge is 0.145 e. The Kier molecular flexibility index (Phi) is 4.53. The number of hydrogen-bond acceptors (Lipinski definition) is 3. The first kappa shape index (κ1) is 12.8. The molecule has 0 saturated carbocycles. The predicted octanol–water partition coefficient (Wildman–Crippen LogP) is 3.00. The first-order valence-corrected chi connectivity index (χ1v) is 6.55. The fourth-order valence-electron chi connectivity index (χ4n) is 1.99. The van der Waals surface area contributed by atoms with Gasteiger partial charge in [0.1, 0.15) is 17.9 Å². The highest BCUT2D eigenvalue weighted by atomic mass is 16.5. The summed E-state index contributed by atoms with van der Waals surface area (Å²) >= 11 is 0. The van der Waals surface area contributed by atoms with Gasteiger partial charge >= 0.3 is 0 Å². The largest absolute Gasteiger partial charge is 0.490 e. The molecule has 18 heavy (non-hydrogen) atoms. The van der Waals surface area contributed by atoms with E-state index in [9.17, 15) is 0 Å². The highest BCUT2D eigenvalue weighted by molar-refractivity contribution is 5.84.